The number of rotatable bonds is 3. The van der Waals surface area contributed by atoms with Crippen molar-refractivity contribution in [2.45, 2.75) is 56.4 Å². The topological polar surface area (TPSA) is 67.7 Å². The quantitative estimate of drug-likeness (QED) is 0.182. The molecule has 7 nitrogen and oxygen atoms in total. The highest BCUT2D eigenvalue weighted by molar-refractivity contribution is 7.99. The second-order valence-electron chi connectivity index (χ2n) is 10.9. The lowest BCUT2D eigenvalue weighted by atomic mass is 9.95. The molecule has 5 rings (SSSR count). The third-order valence-electron chi connectivity index (χ3n) is 7.85. The molecule has 0 aliphatic carbocycles. The van der Waals surface area contributed by atoms with Gasteiger partial charge in [-0.2, -0.15) is 18.2 Å². The fourth-order valence-corrected chi connectivity index (χ4v) is 7.12. The molecule has 2 atom stereocenters. The van der Waals surface area contributed by atoms with Gasteiger partial charge in [0.2, 0.25) is 5.91 Å². The highest BCUT2D eigenvalue weighted by Gasteiger charge is 2.39. The average Bonchev–Trinajstić information content (AvgIpc) is 3.01. The molecule has 44 heavy (non-hydrogen) atoms. The molecule has 0 radical (unpaired) electrons. The number of aryl methyl sites for hydroxylation is 1. The van der Waals surface area contributed by atoms with Gasteiger partial charge in [0.25, 0.3) is 0 Å². The first kappa shape index (κ1) is 32.2. The Morgan fingerprint density at radius 2 is 1.84 bits per heavy atom. The van der Waals surface area contributed by atoms with Gasteiger partial charge in [-0.25, -0.2) is 13.6 Å². The van der Waals surface area contributed by atoms with Crippen LogP contribution >= 0.6 is 23.4 Å². The van der Waals surface area contributed by atoms with Crippen molar-refractivity contribution in [3.05, 3.63) is 63.6 Å². The zero-order chi connectivity index (χ0) is 31.9. The fraction of sp³-hybridized carbons (Fsp3) is 0.433. The molecule has 2 aliphatic rings. The van der Waals surface area contributed by atoms with Gasteiger partial charge >= 0.3 is 11.9 Å². The maximum atomic E-state index is 15.4. The molecule has 0 unspecified atom stereocenters. The number of hydrogen-bond donors (Lipinski definition) is 0. The van der Waals surface area contributed by atoms with Gasteiger partial charge in [-0.05, 0) is 44.9 Å². The number of anilines is 1. The summed E-state index contributed by atoms with van der Waals surface area (Å²) in [5, 5.41) is -0.487. The number of carbonyl (C=O) groups is 1. The molecule has 236 valence electrons. The third-order valence-corrected chi connectivity index (χ3v) is 9.32. The van der Waals surface area contributed by atoms with Crippen molar-refractivity contribution in [3.8, 4) is 11.1 Å². The van der Waals surface area contributed by atoms with Gasteiger partial charge in [-0.1, -0.05) is 18.2 Å². The number of ether oxygens (including phenoxy) is 1. The van der Waals surface area contributed by atoms with Crippen molar-refractivity contribution in [1.82, 2.24) is 14.5 Å². The molecular weight excluding hydrogens is 627 g/mol. The Balaban J connectivity index is 1.88. The monoisotopic (exact) mass is 656 g/mol. The summed E-state index contributed by atoms with van der Waals surface area (Å²) in [7, 11) is 0. The molecule has 3 heterocycles. The molecule has 2 aliphatic heterocycles. The SMILES string of the molecule is C=CC(=O)N1C[C@H](C)N(c2nc(=O)n3c4c(c(-c5cc(Cl)c(F)cc5F)c(C(F)(F)F)cc24)SCCCOCCC3)C[C@H]1C. The van der Waals surface area contributed by atoms with Crippen LogP contribution in [0, 0.1) is 11.6 Å². The fourth-order valence-electron chi connectivity index (χ4n) is 5.77. The molecular formula is C30H30ClF5N4O3S. The lowest BCUT2D eigenvalue weighted by Gasteiger charge is -2.44. The van der Waals surface area contributed by atoms with Crippen LogP contribution in [-0.2, 0) is 22.3 Å². The highest BCUT2D eigenvalue weighted by atomic mass is 35.5. The number of thioether (sulfide) groups is 1. The Kier molecular flexibility index (Phi) is 9.29. The number of nitrogens with zero attached hydrogens (tertiary/aromatic N) is 4. The van der Waals surface area contributed by atoms with E-state index < -0.39 is 51.3 Å². The predicted octanol–water partition coefficient (Wildman–Crippen LogP) is 6.53. The van der Waals surface area contributed by atoms with Crippen LogP contribution in [0.4, 0.5) is 27.8 Å². The number of hydrogen-bond acceptors (Lipinski definition) is 6. The second kappa shape index (κ2) is 12.7. The van der Waals surface area contributed by atoms with Crippen LogP contribution in [0.3, 0.4) is 0 Å². The van der Waals surface area contributed by atoms with Gasteiger partial charge in [0.15, 0.2) is 0 Å². The van der Waals surface area contributed by atoms with Crippen LogP contribution in [-0.4, -0.2) is 64.5 Å². The maximum absolute atomic E-state index is 15.4. The molecule has 1 saturated heterocycles. The van der Waals surface area contributed by atoms with E-state index in [-0.39, 0.29) is 53.2 Å². The standard InChI is InChI=1S/C30H30ClF5N4O3S/c1-4-24(41)39-14-17(3)40(15-16(39)2)28-19-11-20(30(34,35)36)25(18-12-21(31)23(33)13-22(18)32)27-26(19)38(29(42)37-28)7-5-8-43-9-6-10-44-27/h4,11-13,16-17H,1,5-10,14-15H2,2-3H3/t16-,17+/m1/s1. The number of carbonyl (C=O) groups excluding carboxylic acids is 1. The van der Waals surface area contributed by atoms with E-state index in [2.05, 4.69) is 11.6 Å². The van der Waals surface area contributed by atoms with Gasteiger partial charge in [0, 0.05) is 78.2 Å². The molecule has 0 bridgehead atoms. The number of aromatic nitrogens is 2. The predicted molar refractivity (Wildman–Crippen MR) is 160 cm³/mol. The lowest BCUT2D eigenvalue weighted by Crippen LogP contribution is -2.58. The minimum atomic E-state index is -4.98. The minimum absolute atomic E-state index is 0.0141. The van der Waals surface area contributed by atoms with E-state index in [1.165, 1.54) is 10.6 Å². The maximum Gasteiger partial charge on any atom is 0.417 e. The summed E-state index contributed by atoms with van der Waals surface area (Å²) in [4.78, 5) is 33.8. The van der Waals surface area contributed by atoms with E-state index in [1.807, 2.05) is 0 Å². The normalized spacial score (nSPS) is 20.0. The van der Waals surface area contributed by atoms with E-state index in [0.717, 1.165) is 23.9 Å². The molecule has 1 fully saturated rings. The third kappa shape index (κ3) is 6.05. The summed E-state index contributed by atoms with van der Waals surface area (Å²) in [5.41, 5.74) is -2.76. The first-order chi connectivity index (χ1) is 20.8. The second-order valence-corrected chi connectivity index (χ2v) is 12.4. The van der Waals surface area contributed by atoms with Crippen molar-refractivity contribution in [3.63, 3.8) is 0 Å². The zero-order valence-electron chi connectivity index (χ0n) is 24.0. The summed E-state index contributed by atoms with van der Waals surface area (Å²) >= 11 is 7.00. The van der Waals surface area contributed by atoms with Gasteiger partial charge in [0.05, 0.1) is 16.1 Å². The van der Waals surface area contributed by atoms with Crippen LogP contribution in [0.1, 0.15) is 32.3 Å². The molecule has 1 amide bonds. The van der Waals surface area contributed by atoms with Crippen molar-refractivity contribution in [2.75, 3.05) is 37.0 Å². The van der Waals surface area contributed by atoms with E-state index >= 15 is 4.39 Å². The van der Waals surface area contributed by atoms with E-state index in [0.29, 0.717) is 37.9 Å². The van der Waals surface area contributed by atoms with E-state index in [9.17, 15) is 27.2 Å². The Morgan fingerprint density at radius 1 is 1.11 bits per heavy atom. The lowest BCUT2D eigenvalue weighted by molar-refractivity contribution is -0.137. The molecule has 14 heteroatoms. The first-order valence-electron chi connectivity index (χ1n) is 14.1. The van der Waals surface area contributed by atoms with Crippen LogP contribution in [0.25, 0.3) is 22.0 Å². The number of alkyl halides is 3. The summed E-state index contributed by atoms with van der Waals surface area (Å²) in [5.74, 6) is -2.29. The summed E-state index contributed by atoms with van der Waals surface area (Å²) in [6.07, 6.45) is -2.92. The Hall–Kier alpha value is -3.16. The number of amides is 1. The Morgan fingerprint density at radius 3 is 2.55 bits per heavy atom. The van der Waals surface area contributed by atoms with Crippen molar-refractivity contribution in [1.29, 1.82) is 0 Å². The van der Waals surface area contributed by atoms with Crippen LogP contribution < -0.4 is 10.6 Å². The summed E-state index contributed by atoms with van der Waals surface area (Å²) in [6.45, 7) is 8.29. The van der Waals surface area contributed by atoms with Gasteiger partial charge < -0.3 is 14.5 Å². The number of halogens is 6. The zero-order valence-corrected chi connectivity index (χ0v) is 25.6. The molecule has 0 saturated carbocycles. The van der Waals surface area contributed by atoms with E-state index in [4.69, 9.17) is 16.3 Å². The van der Waals surface area contributed by atoms with Crippen LogP contribution in [0.5, 0.6) is 0 Å². The summed E-state index contributed by atoms with van der Waals surface area (Å²) in [6, 6.07) is 1.40. The van der Waals surface area contributed by atoms with Crippen molar-refractivity contribution >= 4 is 46.0 Å². The molecule has 2 aromatic carbocycles. The number of benzene rings is 2. The largest absolute Gasteiger partial charge is 0.417 e. The summed E-state index contributed by atoms with van der Waals surface area (Å²) < 4.78 is 81.3. The molecule has 0 N–H and O–H groups in total. The minimum Gasteiger partial charge on any atom is -0.381 e. The smallest absolute Gasteiger partial charge is 0.381 e. The molecule has 1 aromatic heterocycles. The highest BCUT2D eigenvalue weighted by Crippen LogP contribution is 2.49. The van der Waals surface area contributed by atoms with Crippen LogP contribution in [0.15, 0.2) is 40.5 Å². The van der Waals surface area contributed by atoms with Gasteiger partial charge in [-0.15, -0.1) is 11.8 Å². The number of piperazine rings is 1. The van der Waals surface area contributed by atoms with Crippen LogP contribution in [0.2, 0.25) is 5.02 Å². The van der Waals surface area contributed by atoms with Gasteiger partial charge in [-0.3, -0.25) is 9.36 Å². The average molecular weight is 657 g/mol. The Labute approximate surface area is 259 Å². The first-order valence-corrected chi connectivity index (χ1v) is 15.4. The van der Waals surface area contributed by atoms with Crippen molar-refractivity contribution in [2.24, 2.45) is 0 Å². The van der Waals surface area contributed by atoms with Crippen molar-refractivity contribution < 1.29 is 31.5 Å². The molecule has 3 aromatic rings. The van der Waals surface area contributed by atoms with E-state index in [1.54, 1.807) is 23.6 Å². The van der Waals surface area contributed by atoms with Gasteiger partial charge in [0.1, 0.15) is 17.5 Å². The Bertz CT molecular complexity index is 1680. The molecule has 0 spiro atoms.